The maximum atomic E-state index is 12.5. The first-order valence-electron chi connectivity index (χ1n) is 8.22. The van der Waals surface area contributed by atoms with Crippen molar-refractivity contribution in [3.8, 4) is 17.3 Å². The SMILES string of the molecule is COc1ccc(C(=O)Nc2n[nH]c(-c3nc4ccccc4[nH]3)c2C)cc1Cl. The van der Waals surface area contributed by atoms with Gasteiger partial charge in [-0.3, -0.25) is 9.89 Å². The van der Waals surface area contributed by atoms with Crippen LogP contribution in [0.5, 0.6) is 5.75 Å². The first-order valence-corrected chi connectivity index (χ1v) is 8.59. The number of H-pyrrole nitrogens is 2. The molecule has 7 nitrogen and oxygen atoms in total. The minimum Gasteiger partial charge on any atom is -0.495 e. The van der Waals surface area contributed by atoms with Crippen molar-refractivity contribution >= 4 is 34.4 Å². The van der Waals surface area contributed by atoms with Crippen molar-refractivity contribution in [3.63, 3.8) is 0 Å². The van der Waals surface area contributed by atoms with Crippen LogP contribution in [0, 0.1) is 6.92 Å². The highest BCUT2D eigenvalue weighted by atomic mass is 35.5. The molecule has 0 bridgehead atoms. The van der Waals surface area contributed by atoms with Crippen LogP contribution in [0.3, 0.4) is 0 Å². The van der Waals surface area contributed by atoms with E-state index in [1.807, 2.05) is 31.2 Å². The Labute approximate surface area is 159 Å². The van der Waals surface area contributed by atoms with Gasteiger partial charge < -0.3 is 15.0 Å². The zero-order chi connectivity index (χ0) is 19.0. The number of methoxy groups -OCH3 is 1. The summed E-state index contributed by atoms with van der Waals surface area (Å²) in [6.45, 7) is 1.86. The molecule has 4 rings (SSSR count). The third-order valence-electron chi connectivity index (χ3n) is 4.28. The minimum absolute atomic E-state index is 0.315. The standard InChI is InChI=1S/C19H16ClN5O2/c1-10-16(18-21-13-5-3-4-6-14(13)22-18)24-25-17(10)23-19(26)11-7-8-15(27-2)12(20)9-11/h3-9H,1-2H3,(H,21,22)(H2,23,24,25,26). The lowest BCUT2D eigenvalue weighted by Gasteiger charge is -2.06. The number of nitrogens with zero attached hydrogens (tertiary/aromatic N) is 2. The van der Waals surface area contributed by atoms with Crippen LogP contribution in [-0.4, -0.2) is 33.2 Å². The number of para-hydroxylation sites is 2. The molecular weight excluding hydrogens is 366 g/mol. The highest BCUT2D eigenvalue weighted by molar-refractivity contribution is 6.32. The number of carbonyl (C=O) groups excluding carboxylic acids is 1. The molecule has 2 aromatic heterocycles. The van der Waals surface area contributed by atoms with Gasteiger partial charge in [-0.2, -0.15) is 5.10 Å². The second-order valence-electron chi connectivity index (χ2n) is 5.98. The first kappa shape index (κ1) is 17.1. The molecule has 0 spiro atoms. The average Bonchev–Trinajstić information content (AvgIpc) is 3.25. The van der Waals surface area contributed by atoms with Crippen molar-refractivity contribution in [2.24, 2.45) is 0 Å². The lowest BCUT2D eigenvalue weighted by molar-refractivity contribution is 0.102. The molecule has 0 unspecified atom stereocenters. The van der Waals surface area contributed by atoms with Crippen LogP contribution in [0.4, 0.5) is 5.82 Å². The van der Waals surface area contributed by atoms with Crippen LogP contribution in [0.2, 0.25) is 5.02 Å². The monoisotopic (exact) mass is 381 g/mol. The van der Waals surface area contributed by atoms with Gasteiger partial charge in [0.25, 0.3) is 5.91 Å². The second-order valence-corrected chi connectivity index (χ2v) is 6.39. The van der Waals surface area contributed by atoms with Gasteiger partial charge in [0.05, 0.1) is 23.2 Å². The fraction of sp³-hybridized carbons (Fsp3) is 0.105. The molecule has 4 aromatic rings. The van der Waals surface area contributed by atoms with Crippen LogP contribution in [0.15, 0.2) is 42.5 Å². The summed E-state index contributed by atoms with van der Waals surface area (Å²) in [7, 11) is 1.52. The van der Waals surface area contributed by atoms with Gasteiger partial charge in [0.15, 0.2) is 11.6 Å². The number of imidazole rings is 1. The lowest BCUT2D eigenvalue weighted by Crippen LogP contribution is -2.13. The van der Waals surface area contributed by atoms with Crippen molar-refractivity contribution in [1.82, 2.24) is 20.2 Å². The maximum Gasteiger partial charge on any atom is 0.256 e. The van der Waals surface area contributed by atoms with E-state index in [4.69, 9.17) is 16.3 Å². The summed E-state index contributed by atoms with van der Waals surface area (Å²) in [5, 5.41) is 10.3. The summed E-state index contributed by atoms with van der Waals surface area (Å²) in [6.07, 6.45) is 0. The Balaban J connectivity index is 1.60. The zero-order valence-corrected chi connectivity index (χ0v) is 15.4. The minimum atomic E-state index is -0.315. The molecule has 3 N–H and O–H groups in total. The van der Waals surface area contributed by atoms with E-state index in [1.165, 1.54) is 7.11 Å². The molecule has 2 aromatic carbocycles. The van der Waals surface area contributed by atoms with E-state index in [0.717, 1.165) is 16.6 Å². The number of rotatable bonds is 4. The van der Waals surface area contributed by atoms with Gasteiger partial charge in [-0.1, -0.05) is 23.7 Å². The van der Waals surface area contributed by atoms with Crippen LogP contribution in [0.25, 0.3) is 22.6 Å². The summed E-state index contributed by atoms with van der Waals surface area (Å²) in [5.74, 6) is 1.29. The molecule has 0 aliphatic carbocycles. The lowest BCUT2D eigenvalue weighted by atomic mass is 10.2. The Morgan fingerprint density at radius 3 is 2.78 bits per heavy atom. The molecule has 2 heterocycles. The summed E-state index contributed by atoms with van der Waals surface area (Å²) in [5.41, 5.74) is 3.70. The van der Waals surface area contributed by atoms with Crippen molar-refractivity contribution < 1.29 is 9.53 Å². The van der Waals surface area contributed by atoms with Crippen molar-refractivity contribution in [2.75, 3.05) is 12.4 Å². The molecular formula is C19H16ClN5O2. The number of benzene rings is 2. The number of carbonyl (C=O) groups is 1. The molecule has 1 amide bonds. The van der Waals surface area contributed by atoms with Gasteiger partial charge in [0, 0.05) is 11.1 Å². The largest absolute Gasteiger partial charge is 0.495 e. The van der Waals surface area contributed by atoms with E-state index in [9.17, 15) is 4.79 Å². The summed E-state index contributed by atoms with van der Waals surface area (Å²) < 4.78 is 5.10. The van der Waals surface area contributed by atoms with E-state index in [1.54, 1.807) is 18.2 Å². The Morgan fingerprint density at radius 1 is 1.22 bits per heavy atom. The summed E-state index contributed by atoms with van der Waals surface area (Å²) in [6, 6.07) is 12.6. The number of amides is 1. The van der Waals surface area contributed by atoms with Gasteiger partial charge in [0.1, 0.15) is 11.4 Å². The molecule has 0 saturated carbocycles. The number of hydrogen-bond donors (Lipinski definition) is 3. The quantitative estimate of drug-likeness (QED) is 0.494. The Hall–Kier alpha value is -3.32. The number of nitrogens with one attached hydrogen (secondary N) is 3. The molecule has 0 fully saturated rings. The van der Waals surface area contributed by atoms with Crippen LogP contribution in [-0.2, 0) is 0 Å². The van der Waals surface area contributed by atoms with Crippen LogP contribution in [0.1, 0.15) is 15.9 Å². The number of fused-ring (bicyclic) bond motifs is 1. The fourth-order valence-electron chi connectivity index (χ4n) is 2.81. The topological polar surface area (TPSA) is 95.7 Å². The highest BCUT2D eigenvalue weighted by Crippen LogP contribution is 2.28. The van der Waals surface area contributed by atoms with Gasteiger partial charge >= 0.3 is 0 Å². The number of ether oxygens (including phenoxy) is 1. The normalized spacial score (nSPS) is 10.9. The molecule has 136 valence electrons. The number of halogens is 1. The zero-order valence-electron chi connectivity index (χ0n) is 14.6. The molecule has 27 heavy (non-hydrogen) atoms. The van der Waals surface area contributed by atoms with Gasteiger partial charge in [-0.05, 0) is 37.3 Å². The Morgan fingerprint density at radius 2 is 2.04 bits per heavy atom. The van der Waals surface area contributed by atoms with Gasteiger partial charge in [-0.15, -0.1) is 0 Å². The predicted molar refractivity (Wildman–Crippen MR) is 104 cm³/mol. The summed E-state index contributed by atoms with van der Waals surface area (Å²) >= 11 is 6.09. The van der Waals surface area contributed by atoms with Crippen molar-refractivity contribution in [1.29, 1.82) is 0 Å². The molecule has 0 saturated heterocycles. The van der Waals surface area contributed by atoms with Crippen molar-refractivity contribution in [2.45, 2.75) is 6.92 Å². The third kappa shape index (κ3) is 3.13. The molecule has 0 aliphatic rings. The fourth-order valence-corrected chi connectivity index (χ4v) is 3.07. The first-order chi connectivity index (χ1) is 13.1. The van der Waals surface area contributed by atoms with Crippen molar-refractivity contribution in [3.05, 3.63) is 58.6 Å². The van der Waals surface area contributed by atoms with E-state index >= 15 is 0 Å². The Kier molecular flexibility index (Phi) is 4.29. The van der Waals surface area contributed by atoms with Gasteiger partial charge in [0.2, 0.25) is 0 Å². The highest BCUT2D eigenvalue weighted by Gasteiger charge is 2.17. The number of hydrogen-bond acceptors (Lipinski definition) is 4. The average molecular weight is 382 g/mol. The van der Waals surface area contributed by atoms with E-state index in [2.05, 4.69) is 25.5 Å². The van der Waals surface area contributed by atoms with Crippen LogP contribution >= 0.6 is 11.6 Å². The Bertz CT molecular complexity index is 1120. The second kappa shape index (κ2) is 6.77. The predicted octanol–water partition coefficient (Wildman–Crippen LogP) is 4.18. The number of aromatic nitrogens is 4. The molecule has 0 atom stereocenters. The molecule has 8 heteroatoms. The smallest absolute Gasteiger partial charge is 0.256 e. The van der Waals surface area contributed by atoms with E-state index < -0.39 is 0 Å². The van der Waals surface area contributed by atoms with Crippen LogP contribution < -0.4 is 10.1 Å². The van der Waals surface area contributed by atoms with E-state index in [-0.39, 0.29) is 5.91 Å². The maximum absolute atomic E-state index is 12.5. The van der Waals surface area contributed by atoms with E-state index in [0.29, 0.717) is 33.7 Å². The van der Waals surface area contributed by atoms with Gasteiger partial charge in [-0.25, -0.2) is 4.98 Å². The summed E-state index contributed by atoms with van der Waals surface area (Å²) in [4.78, 5) is 20.3. The molecule has 0 aliphatic heterocycles. The number of anilines is 1. The number of aromatic amines is 2. The third-order valence-corrected chi connectivity index (χ3v) is 4.58. The molecule has 0 radical (unpaired) electrons.